The third-order valence-corrected chi connectivity index (χ3v) is 3.18. The third kappa shape index (κ3) is 1.18. The number of hydrogen-bond acceptors (Lipinski definition) is 2. The Morgan fingerprint density at radius 1 is 1.18 bits per heavy atom. The van der Waals surface area contributed by atoms with Crippen molar-refractivity contribution in [2.75, 3.05) is 0 Å². The topological polar surface area (TPSA) is 24.1 Å². The molecule has 0 amide bonds. The van der Waals surface area contributed by atoms with E-state index in [-0.39, 0.29) is 0 Å². The molecule has 0 bridgehead atoms. The molecule has 11 heavy (non-hydrogen) atoms. The van der Waals surface area contributed by atoms with E-state index in [1.807, 2.05) is 0 Å². The van der Waals surface area contributed by atoms with Crippen molar-refractivity contribution in [3.63, 3.8) is 0 Å². The molecule has 0 spiro atoms. The van der Waals surface area contributed by atoms with E-state index in [4.69, 9.17) is 0 Å². The molecule has 2 rings (SSSR count). The van der Waals surface area contributed by atoms with Gasteiger partial charge in [0, 0.05) is 12.1 Å². The molecule has 1 aliphatic carbocycles. The highest BCUT2D eigenvalue weighted by molar-refractivity contribution is 4.95. The lowest BCUT2D eigenvalue weighted by molar-refractivity contribution is 0.350. The summed E-state index contributed by atoms with van der Waals surface area (Å²) in [5, 5.41) is 0. The van der Waals surface area contributed by atoms with E-state index in [1.54, 1.807) is 0 Å². The molecule has 1 saturated heterocycles. The van der Waals surface area contributed by atoms with Gasteiger partial charge in [0.25, 0.3) is 0 Å². The summed E-state index contributed by atoms with van der Waals surface area (Å²) in [7, 11) is 0. The van der Waals surface area contributed by atoms with Gasteiger partial charge in [-0.25, -0.2) is 0 Å². The maximum absolute atomic E-state index is 3.41. The lowest BCUT2D eigenvalue weighted by Gasteiger charge is -2.20. The third-order valence-electron chi connectivity index (χ3n) is 3.18. The van der Waals surface area contributed by atoms with Gasteiger partial charge in [-0.1, -0.05) is 20.3 Å². The summed E-state index contributed by atoms with van der Waals surface area (Å²) in [6, 6.07) is 1.50. The molecule has 3 atom stereocenters. The van der Waals surface area contributed by atoms with E-state index in [2.05, 4.69) is 24.7 Å². The Morgan fingerprint density at radius 2 is 2.00 bits per heavy atom. The van der Waals surface area contributed by atoms with Gasteiger partial charge < -0.3 is 0 Å². The summed E-state index contributed by atoms with van der Waals surface area (Å²) in [5.74, 6) is 1.69. The van der Waals surface area contributed by atoms with Crippen molar-refractivity contribution in [1.82, 2.24) is 10.9 Å². The van der Waals surface area contributed by atoms with Crippen LogP contribution in [0, 0.1) is 11.8 Å². The maximum atomic E-state index is 3.41. The van der Waals surface area contributed by atoms with Crippen LogP contribution in [0.2, 0.25) is 0 Å². The minimum atomic E-state index is 0.725. The monoisotopic (exact) mass is 154 g/mol. The molecule has 0 aromatic rings. The Balaban J connectivity index is 2.03. The van der Waals surface area contributed by atoms with Gasteiger partial charge >= 0.3 is 0 Å². The Labute approximate surface area is 68.7 Å². The fourth-order valence-corrected chi connectivity index (χ4v) is 2.57. The van der Waals surface area contributed by atoms with E-state index >= 15 is 0 Å². The largest absolute Gasteiger partial charge is 0.254 e. The molecule has 64 valence electrons. The Kier molecular flexibility index (Phi) is 1.90. The van der Waals surface area contributed by atoms with Crippen molar-refractivity contribution in [3.05, 3.63) is 0 Å². The summed E-state index contributed by atoms with van der Waals surface area (Å²) >= 11 is 0. The first kappa shape index (κ1) is 7.56. The molecule has 1 heterocycles. The molecular formula is C9H18N2. The molecule has 1 aliphatic heterocycles. The molecule has 2 heteroatoms. The van der Waals surface area contributed by atoms with Crippen LogP contribution in [0.3, 0.4) is 0 Å². The number of nitrogens with one attached hydrogen (secondary N) is 2. The molecule has 2 fully saturated rings. The minimum absolute atomic E-state index is 0.725. The van der Waals surface area contributed by atoms with Crippen molar-refractivity contribution in [2.24, 2.45) is 11.8 Å². The predicted octanol–water partition coefficient (Wildman–Crippen LogP) is 1.29. The first-order valence-electron chi connectivity index (χ1n) is 4.80. The van der Waals surface area contributed by atoms with E-state index in [0.29, 0.717) is 0 Å². The molecule has 0 aromatic carbocycles. The van der Waals surface area contributed by atoms with Crippen molar-refractivity contribution in [1.29, 1.82) is 0 Å². The van der Waals surface area contributed by atoms with Gasteiger partial charge in [-0.05, 0) is 24.7 Å². The lowest BCUT2D eigenvalue weighted by atomic mass is 9.89. The molecule has 2 nitrogen and oxygen atoms in total. The highest BCUT2D eigenvalue weighted by atomic mass is 15.4. The van der Waals surface area contributed by atoms with E-state index in [0.717, 1.165) is 23.9 Å². The van der Waals surface area contributed by atoms with Crippen LogP contribution in [-0.4, -0.2) is 12.1 Å². The summed E-state index contributed by atoms with van der Waals surface area (Å²) in [6.07, 6.45) is 4.22. The molecule has 3 unspecified atom stereocenters. The van der Waals surface area contributed by atoms with E-state index in [9.17, 15) is 0 Å². The quantitative estimate of drug-likeness (QED) is 0.594. The highest BCUT2D eigenvalue weighted by Gasteiger charge is 2.39. The number of rotatable bonds is 1. The van der Waals surface area contributed by atoms with E-state index < -0.39 is 0 Å². The summed E-state index contributed by atoms with van der Waals surface area (Å²) in [6.45, 7) is 4.61. The van der Waals surface area contributed by atoms with E-state index in [1.165, 1.54) is 19.3 Å². The van der Waals surface area contributed by atoms with Crippen LogP contribution in [0.5, 0.6) is 0 Å². The first-order chi connectivity index (χ1) is 5.29. The van der Waals surface area contributed by atoms with Crippen molar-refractivity contribution < 1.29 is 0 Å². The van der Waals surface area contributed by atoms with Crippen molar-refractivity contribution in [3.8, 4) is 0 Å². The number of fused-ring (bicyclic) bond motifs is 1. The molecule has 1 saturated carbocycles. The zero-order valence-electron chi connectivity index (χ0n) is 7.43. The van der Waals surface area contributed by atoms with Crippen molar-refractivity contribution in [2.45, 2.75) is 45.2 Å². The molecule has 2 aliphatic rings. The Morgan fingerprint density at radius 3 is 2.73 bits per heavy atom. The van der Waals surface area contributed by atoms with Crippen LogP contribution >= 0.6 is 0 Å². The second-order valence-electron chi connectivity index (χ2n) is 4.26. The second kappa shape index (κ2) is 2.76. The Hall–Kier alpha value is -0.0800. The van der Waals surface area contributed by atoms with Crippen molar-refractivity contribution >= 4 is 0 Å². The van der Waals surface area contributed by atoms with Gasteiger partial charge in [0.15, 0.2) is 0 Å². The fourth-order valence-electron chi connectivity index (χ4n) is 2.57. The lowest BCUT2D eigenvalue weighted by Crippen LogP contribution is -2.36. The minimum Gasteiger partial charge on any atom is -0.254 e. The summed E-state index contributed by atoms with van der Waals surface area (Å²) in [4.78, 5) is 0. The highest BCUT2D eigenvalue weighted by Crippen LogP contribution is 2.33. The van der Waals surface area contributed by atoms with Gasteiger partial charge in [-0.2, -0.15) is 0 Å². The van der Waals surface area contributed by atoms with Crippen LogP contribution in [0.25, 0.3) is 0 Å². The normalized spacial score (nSPS) is 43.4. The zero-order chi connectivity index (χ0) is 7.84. The van der Waals surface area contributed by atoms with Crippen LogP contribution in [0.4, 0.5) is 0 Å². The van der Waals surface area contributed by atoms with Crippen LogP contribution in [0.1, 0.15) is 33.1 Å². The average molecular weight is 154 g/mol. The maximum Gasteiger partial charge on any atom is 0.0279 e. The fraction of sp³-hybridized carbons (Fsp3) is 1.00. The number of hydrogen-bond donors (Lipinski definition) is 2. The first-order valence-corrected chi connectivity index (χ1v) is 4.80. The SMILES string of the molecule is CC(C)C1NNC2CCCC21. The average Bonchev–Trinajstić information content (AvgIpc) is 2.41. The van der Waals surface area contributed by atoms with Gasteiger partial charge in [-0.3, -0.25) is 10.9 Å². The van der Waals surface area contributed by atoms with Crippen LogP contribution in [0.15, 0.2) is 0 Å². The number of hydrazine groups is 1. The van der Waals surface area contributed by atoms with Gasteiger partial charge in [0.1, 0.15) is 0 Å². The standard InChI is InChI=1S/C9H18N2/c1-6(2)9-7-4-3-5-8(7)10-11-9/h6-11H,3-5H2,1-2H3. The van der Waals surface area contributed by atoms with Gasteiger partial charge in [0.2, 0.25) is 0 Å². The van der Waals surface area contributed by atoms with Crippen LogP contribution in [-0.2, 0) is 0 Å². The van der Waals surface area contributed by atoms with Crippen LogP contribution < -0.4 is 10.9 Å². The molecular weight excluding hydrogens is 136 g/mol. The summed E-state index contributed by atoms with van der Waals surface area (Å²) in [5.41, 5.74) is 6.81. The summed E-state index contributed by atoms with van der Waals surface area (Å²) < 4.78 is 0. The zero-order valence-corrected chi connectivity index (χ0v) is 7.43. The van der Waals surface area contributed by atoms with Gasteiger partial charge in [-0.15, -0.1) is 0 Å². The predicted molar refractivity (Wildman–Crippen MR) is 46.0 cm³/mol. The smallest absolute Gasteiger partial charge is 0.0279 e. The van der Waals surface area contributed by atoms with Gasteiger partial charge in [0.05, 0.1) is 0 Å². The Bertz CT molecular complexity index is 144. The molecule has 0 radical (unpaired) electrons. The molecule has 0 aromatic heterocycles. The molecule has 2 N–H and O–H groups in total. The second-order valence-corrected chi connectivity index (χ2v) is 4.26.